The molecule has 0 radical (unpaired) electrons. The molecule has 0 aromatic heterocycles. The van der Waals surface area contributed by atoms with Crippen molar-refractivity contribution >= 4 is 11.7 Å². The number of hydrogen-bond donors (Lipinski definition) is 1. The molecule has 110 valence electrons. The summed E-state index contributed by atoms with van der Waals surface area (Å²) < 4.78 is 31.3. The SMILES string of the molecule is Nc1cccc(CCC(=O)OCc2cccc(F)c2F)c1. The lowest BCUT2D eigenvalue weighted by Gasteiger charge is -2.07. The van der Waals surface area contributed by atoms with Crippen LogP contribution in [0.2, 0.25) is 0 Å². The highest BCUT2D eigenvalue weighted by atomic mass is 19.2. The van der Waals surface area contributed by atoms with Gasteiger partial charge in [0, 0.05) is 17.7 Å². The van der Waals surface area contributed by atoms with Gasteiger partial charge in [-0.15, -0.1) is 0 Å². The van der Waals surface area contributed by atoms with Crippen molar-refractivity contribution < 1.29 is 18.3 Å². The second-order valence-corrected chi connectivity index (χ2v) is 4.62. The van der Waals surface area contributed by atoms with Gasteiger partial charge in [0.25, 0.3) is 0 Å². The minimum Gasteiger partial charge on any atom is -0.461 e. The monoisotopic (exact) mass is 291 g/mol. The van der Waals surface area contributed by atoms with Gasteiger partial charge in [-0.05, 0) is 30.2 Å². The lowest BCUT2D eigenvalue weighted by Crippen LogP contribution is -2.07. The normalized spacial score (nSPS) is 10.4. The summed E-state index contributed by atoms with van der Waals surface area (Å²) in [5.41, 5.74) is 7.21. The number of nitrogen functional groups attached to an aromatic ring is 1. The van der Waals surface area contributed by atoms with E-state index < -0.39 is 17.6 Å². The molecule has 0 aliphatic carbocycles. The fourth-order valence-corrected chi connectivity index (χ4v) is 1.89. The number of hydrogen-bond acceptors (Lipinski definition) is 3. The largest absolute Gasteiger partial charge is 0.461 e. The van der Waals surface area contributed by atoms with Gasteiger partial charge in [-0.1, -0.05) is 24.3 Å². The average Bonchev–Trinajstić information content (AvgIpc) is 2.47. The van der Waals surface area contributed by atoms with E-state index in [1.54, 1.807) is 18.2 Å². The Kier molecular flexibility index (Phi) is 4.87. The van der Waals surface area contributed by atoms with Gasteiger partial charge in [0.2, 0.25) is 0 Å². The first-order chi connectivity index (χ1) is 10.1. The van der Waals surface area contributed by atoms with Gasteiger partial charge in [-0.2, -0.15) is 0 Å². The van der Waals surface area contributed by atoms with E-state index in [0.29, 0.717) is 12.1 Å². The lowest BCUT2D eigenvalue weighted by molar-refractivity contribution is -0.145. The number of esters is 1. The highest BCUT2D eigenvalue weighted by Gasteiger charge is 2.10. The van der Waals surface area contributed by atoms with E-state index in [4.69, 9.17) is 10.5 Å². The first kappa shape index (κ1) is 15.0. The van der Waals surface area contributed by atoms with Crippen LogP contribution < -0.4 is 5.73 Å². The lowest BCUT2D eigenvalue weighted by atomic mass is 10.1. The Hall–Kier alpha value is -2.43. The summed E-state index contributed by atoms with van der Waals surface area (Å²) in [5.74, 6) is -2.41. The number of anilines is 1. The maximum atomic E-state index is 13.4. The second-order valence-electron chi connectivity index (χ2n) is 4.62. The molecule has 2 rings (SSSR count). The highest BCUT2D eigenvalue weighted by Crippen LogP contribution is 2.13. The van der Waals surface area contributed by atoms with Crippen molar-refractivity contribution in [1.82, 2.24) is 0 Å². The molecule has 2 aromatic carbocycles. The Labute approximate surface area is 121 Å². The summed E-state index contributed by atoms with van der Waals surface area (Å²) in [5, 5.41) is 0. The molecule has 2 N–H and O–H groups in total. The van der Waals surface area contributed by atoms with Gasteiger partial charge in [-0.25, -0.2) is 8.78 Å². The number of aryl methyl sites for hydroxylation is 1. The minimum absolute atomic E-state index is 0.0207. The summed E-state index contributed by atoms with van der Waals surface area (Å²) in [7, 11) is 0. The third-order valence-corrected chi connectivity index (χ3v) is 2.99. The zero-order valence-electron chi connectivity index (χ0n) is 11.3. The number of nitrogens with two attached hydrogens (primary N) is 1. The van der Waals surface area contributed by atoms with E-state index >= 15 is 0 Å². The van der Waals surface area contributed by atoms with E-state index in [2.05, 4.69) is 0 Å². The molecule has 0 aliphatic rings. The first-order valence-electron chi connectivity index (χ1n) is 6.49. The van der Waals surface area contributed by atoms with Crippen LogP contribution in [-0.4, -0.2) is 5.97 Å². The maximum Gasteiger partial charge on any atom is 0.306 e. The molecular weight excluding hydrogens is 276 g/mol. The fourth-order valence-electron chi connectivity index (χ4n) is 1.89. The molecular formula is C16H15F2NO2. The van der Waals surface area contributed by atoms with Gasteiger partial charge < -0.3 is 10.5 Å². The Morgan fingerprint density at radius 1 is 1.14 bits per heavy atom. The molecule has 0 spiro atoms. The summed E-state index contributed by atoms with van der Waals surface area (Å²) in [6.45, 7) is -0.278. The zero-order valence-corrected chi connectivity index (χ0v) is 11.3. The van der Waals surface area contributed by atoms with Crippen molar-refractivity contribution in [2.75, 3.05) is 5.73 Å². The number of carbonyl (C=O) groups is 1. The highest BCUT2D eigenvalue weighted by molar-refractivity contribution is 5.69. The van der Waals surface area contributed by atoms with E-state index in [-0.39, 0.29) is 18.6 Å². The van der Waals surface area contributed by atoms with Crippen LogP contribution in [0.4, 0.5) is 14.5 Å². The van der Waals surface area contributed by atoms with Gasteiger partial charge in [0.05, 0.1) is 0 Å². The molecule has 0 atom stereocenters. The van der Waals surface area contributed by atoms with E-state index in [1.165, 1.54) is 12.1 Å². The van der Waals surface area contributed by atoms with Crippen LogP contribution in [0, 0.1) is 11.6 Å². The van der Waals surface area contributed by atoms with Gasteiger partial charge in [0.1, 0.15) is 6.61 Å². The molecule has 0 aliphatic heterocycles. The van der Waals surface area contributed by atoms with Crippen molar-refractivity contribution in [3.63, 3.8) is 0 Å². The van der Waals surface area contributed by atoms with E-state index in [9.17, 15) is 13.6 Å². The van der Waals surface area contributed by atoms with Crippen LogP contribution in [0.15, 0.2) is 42.5 Å². The minimum atomic E-state index is -0.985. The third-order valence-electron chi connectivity index (χ3n) is 2.99. The van der Waals surface area contributed by atoms with Crippen molar-refractivity contribution in [2.45, 2.75) is 19.4 Å². The molecule has 0 fully saturated rings. The van der Waals surface area contributed by atoms with Crippen molar-refractivity contribution in [2.24, 2.45) is 0 Å². The maximum absolute atomic E-state index is 13.4. The molecule has 3 nitrogen and oxygen atoms in total. The summed E-state index contributed by atoms with van der Waals surface area (Å²) in [6, 6.07) is 11.0. The standard InChI is InChI=1S/C16H15F2NO2/c17-14-6-2-4-12(16(14)18)10-21-15(20)8-7-11-3-1-5-13(19)9-11/h1-6,9H,7-8,10,19H2. The van der Waals surface area contributed by atoms with Crippen LogP contribution in [-0.2, 0) is 22.6 Å². The van der Waals surface area contributed by atoms with Crippen LogP contribution in [0.3, 0.4) is 0 Å². The summed E-state index contributed by atoms with van der Waals surface area (Å²) in [6.07, 6.45) is 0.635. The topological polar surface area (TPSA) is 52.3 Å². The number of carbonyl (C=O) groups excluding carboxylic acids is 1. The number of ether oxygens (including phenoxy) is 1. The van der Waals surface area contributed by atoms with Crippen molar-refractivity contribution in [3.8, 4) is 0 Å². The van der Waals surface area contributed by atoms with Crippen LogP contribution >= 0.6 is 0 Å². The first-order valence-corrected chi connectivity index (χ1v) is 6.49. The molecule has 0 saturated heterocycles. The van der Waals surface area contributed by atoms with Gasteiger partial charge in [-0.3, -0.25) is 4.79 Å². The molecule has 0 amide bonds. The van der Waals surface area contributed by atoms with Crippen molar-refractivity contribution in [3.05, 3.63) is 65.2 Å². The van der Waals surface area contributed by atoms with Crippen LogP contribution in [0.1, 0.15) is 17.5 Å². The molecule has 0 saturated carbocycles. The van der Waals surface area contributed by atoms with Gasteiger partial charge >= 0.3 is 5.97 Å². The Bertz CT molecular complexity index is 644. The van der Waals surface area contributed by atoms with Gasteiger partial charge in [0.15, 0.2) is 11.6 Å². The predicted octanol–water partition coefficient (Wildman–Crippen LogP) is 3.22. The molecule has 0 unspecified atom stereocenters. The fraction of sp³-hybridized carbons (Fsp3) is 0.188. The Balaban J connectivity index is 1.84. The summed E-state index contributed by atoms with van der Waals surface area (Å²) in [4.78, 5) is 11.6. The number of rotatable bonds is 5. The van der Waals surface area contributed by atoms with E-state index in [1.807, 2.05) is 6.07 Å². The number of benzene rings is 2. The number of halogens is 2. The second kappa shape index (κ2) is 6.83. The van der Waals surface area contributed by atoms with E-state index in [0.717, 1.165) is 11.6 Å². The molecule has 21 heavy (non-hydrogen) atoms. The quantitative estimate of drug-likeness (QED) is 0.679. The molecule has 0 heterocycles. The molecule has 0 bridgehead atoms. The van der Waals surface area contributed by atoms with Crippen LogP contribution in [0.5, 0.6) is 0 Å². The predicted molar refractivity (Wildman–Crippen MR) is 75.3 cm³/mol. The smallest absolute Gasteiger partial charge is 0.306 e. The Morgan fingerprint density at radius 2 is 1.90 bits per heavy atom. The van der Waals surface area contributed by atoms with Crippen molar-refractivity contribution in [1.29, 1.82) is 0 Å². The summed E-state index contributed by atoms with van der Waals surface area (Å²) >= 11 is 0. The average molecular weight is 291 g/mol. The third kappa shape index (κ3) is 4.27. The molecule has 2 aromatic rings. The van der Waals surface area contributed by atoms with Crippen LogP contribution in [0.25, 0.3) is 0 Å². The zero-order chi connectivity index (χ0) is 15.2. The molecule has 5 heteroatoms. The Morgan fingerprint density at radius 3 is 2.67 bits per heavy atom.